The highest BCUT2D eigenvalue weighted by Gasteiger charge is 2.23. The maximum atomic E-state index is 12.6. The van der Waals surface area contributed by atoms with Crippen molar-refractivity contribution in [1.29, 1.82) is 0 Å². The molecule has 6 nitrogen and oxygen atoms in total. The van der Waals surface area contributed by atoms with Crippen molar-refractivity contribution < 1.29 is 20.2 Å². The van der Waals surface area contributed by atoms with Crippen LogP contribution in [0.3, 0.4) is 0 Å². The van der Waals surface area contributed by atoms with Gasteiger partial charge in [0.2, 0.25) is 0 Å². The van der Waals surface area contributed by atoms with Gasteiger partial charge in [-0.3, -0.25) is 9.59 Å². The van der Waals surface area contributed by atoms with E-state index in [9.17, 15) is 25.0 Å². The summed E-state index contributed by atoms with van der Waals surface area (Å²) in [5, 5.41) is 30.2. The lowest BCUT2D eigenvalue weighted by atomic mass is 9.91. The zero-order chi connectivity index (χ0) is 23.8. The number of aliphatic hydroxyl groups is 1. The third-order valence-corrected chi connectivity index (χ3v) is 5.88. The number of carbonyl (C=O) groups is 1. The molecule has 1 aliphatic carbocycles. The second-order valence-corrected chi connectivity index (χ2v) is 8.79. The molecule has 0 fully saturated rings. The van der Waals surface area contributed by atoms with Crippen molar-refractivity contribution in [3.63, 3.8) is 0 Å². The molecular formula is C26H35NO5. The van der Waals surface area contributed by atoms with E-state index in [1.165, 1.54) is 12.2 Å². The highest BCUT2D eigenvalue weighted by molar-refractivity contribution is 6.07. The lowest BCUT2D eigenvalue weighted by molar-refractivity contribution is 0.103. The first kappa shape index (κ1) is 25.4. The van der Waals surface area contributed by atoms with Crippen molar-refractivity contribution in [2.45, 2.75) is 65.9 Å². The van der Waals surface area contributed by atoms with Gasteiger partial charge < -0.3 is 15.4 Å². The Labute approximate surface area is 189 Å². The number of allylic oxidation sites excluding steroid dienone is 7. The van der Waals surface area contributed by atoms with Gasteiger partial charge in [0.25, 0.3) is 5.56 Å². The van der Waals surface area contributed by atoms with Crippen LogP contribution < -0.4 is 5.56 Å². The number of pyridine rings is 1. The van der Waals surface area contributed by atoms with Gasteiger partial charge in [0, 0.05) is 5.56 Å². The van der Waals surface area contributed by atoms with Crippen molar-refractivity contribution in [3.05, 3.63) is 69.7 Å². The van der Waals surface area contributed by atoms with Crippen LogP contribution in [0.4, 0.5) is 0 Å². The van der Waals surface area contributed by atoms with Crippen molar-refractivity contribution in [2.24, 2.45) is 11.8 Å². The predicted molar refractivity (Wildman–Crippen MR) is 127 cm³/mol. The minimum absolute atomic E-state index is 0.223. The Hall–Kier alpha value is -2.86. The highest BCUT2D eigenvalue weighted by Crippen LogP contribution is 2.33. The van der Waals surface area contributed by atoms with Crippen LogP contribution in [0.15, 0.2) is 53.0 Å². The average molecular weight is 442 g/mol. The fourth-order valence-corrected chi connectivity index (χ4v) is 3.92. The summed E-state index contributed by atoms with van der Waals surface area (Å²) < 4.78 is 0.323. The summed E-state index contributed by atoms with van der Waals surface area (Å²) in [6, 6.07) is 0. The molecule has 0 amide bonds. The summed E-state index contributed by atoms with van der Waals surface area (Å²) in [6.45, 7) is 8.60. The second kappa shape index (κ2) is 11.7. The molecule has 32 heavy (non-hydrogen) atoms. The summed E-state index contributed by atoms with van der Waals surface area (Å²) >= 11 is 0. The molecule has 1 heterocycles. The van der Waals surface area contributed by atoms with Gasteiger partial charge in [0.05, 0.1) is 12.3 Å². The molecule has 1 aliphatic rings. The van der Waals surface area contributed by atoms with E-state index < -0.39 is 28.8 Å². The first-order chi connectivity index (χ1) is 15.1. The Morgan fingerprint density at radius 2 is 1.97 bits per heavy atom. The fraction of sp³-hybridized carbons (Fsp3) is 0.462. The van der Waals surface area contributed by atoms with Crippen LogP contribution in [0.25, 0.3) is 5.57 Å². The normalized spacial score (nSPS) is 19.3. The molecule has 2 rings (SSSR count). The number of carbonyl (C=O) groups excluding carboxylic acids is 1. The van der Waals surface area contributed by atoms with Gasteiger partial charge in [-0.1, -0.05) is 63.1 Å². The molecule has 0 bridgehead atoms. The molecule has 0 saturated heterocycles. The third-order valence-electron chi connectivity index (χ3n) is 5.88. The Balaban J connectivity index is 2.18. The van der Waals surface area contributed by atoms with E-state index in [-0.39, 0.29) is 5.56 Å². The Kier molecular flexibility index (Phi) is 9.27. The van der Waals surface area contributed by atoms with Gasteiger partial charge in [-0.2, -0.15) is 4.73 Å². The number of hydrogen-bond donors (Lipinski definition) is 3. The molecule has 174 valence electrons. The van der Waals surface area contributed by atoms with Gasteiger partial charge in [-0.25, -0.2) is 0 Å². The van der Waals surface area contributed by atoms with E-state index in [1.807, 2.05) is 13.0 Å². The van der Waals surface area contributed by atoms with Crippen LogP contribution in [0.2, 0.25) is 0 Å². The van der Waals surface area contributed by atoms with Crippen molar-refractivity contribution in [3.8, 4) is 5.75 Å². The van der Waals surface area contributed by atoms with Crippen LogP contribution in [0.1, 0.15) is 75.7 Å². The number of ketones is 1. The smallest absolute Gasteiger partial charge is 0.297 e. The highest BCUT2D eigenvalue weighted by atomic mass is 16.5. The number of nitrogens with zero attached hydrogens (tertiary/aromatic N) is 1. The molecule has 1 aromatic rings. The molecule has 6 heteroatoms. The number of rotatable bonds is 9. The number of aliphatic hydroxyl groups excluding tert-OH is 1. The minimum atomic E-state index is -0.976. The van der Waals surface area contributed by atoms with E-state index >= 15 is 0 Å². The van der Waals surface area contributed by atoms with Gasteiger partial charge in [0.1, 0.15) is 11.3 Å². The zero-order valence-corrected chi connectivity index (χ0v) is 19.4. The van der Waals surface area contributed by atoms with E-state index in [4.69, 9.17) is 0 Å². The van der Waals surface area contributed by atoms with Gasteiger partial charge in [-0.05, 0) is 56.1 Å². The molecule has 3 N–H and O–H groups in total. The minimum Gasteiger partial charge on any atom is -0.506 e. The first-order valence-corrected chi connectivity index (χ1v) is 11.3. The summed E-state index contributed by atoms with van der Waals surface area (Å²) in [6.07, 6.45) is 14.6. The lowest BCUT2D eigenvalue weighted by Gasteiger charge is -2.19. The third kappa shape index (κ3) is 6.82. The zero-order valence-electron chi connectivity index (χ0n) is 19.4. The second-order valence-electron chi connectivity index (χ2n) is 8.79. The van der Waals surface area contributed by atoms with Gasteiger partial charge in [0.15, 0.2) is 5.78 Å². The maximum Gasteiger partial charge on any atom is 0.297 e. The molecule has 0 spiro atoms. The molecular weight excluding hydrogens is 406 g/mol. The largest absolute Gasteiger partial charge is 0.506 e. The van der Waals surface area contributed by atoms with Crippen molar-refractivity contribution in [2.75, 3.05) is 0 Å². The molecule has 0 saturated carbocycles. The van der Waals surface area contributed by atoms with Gasteiger partial charge in [-0.15, -0.1) is 0 Å². The van der Waals surface area contributed by atoms with Crippen LogP contribution in [-0.2, 0) is 0 Å². The molecule has 0 aliphatic heterocycles. The number of hydrogen-bond acceptors (Lipinski definition) is 5. The van der Waals surface area contributed by atoms with E-state index in [1.54, 1.807) is 12.2 Å². The average Bonchev–Trinajstić information content (AvgIpc) is 2.74. The first-order valence-electron chi connectivity index (χ1n) is 11.3. The SMILES string of the molecule is CCC(C)CC(C)C=C(C)C=CC=CC(=O)c1c(O)c(C2=CCC(O)CC2)cn(O)c1=O. The van der Waals surface area contributed by atoms with Crippen molar-refractivity contribution in [1.82, 2.24) is 4.73 Å². The van der Waals surface area contributed by atoms with Crippen molar-refractivity contribution >= 4 is 11.4 Å². The maximum absolute atomic E-state index is 12.6. The number of aromatic nitrogens is 1. The summed E-state index contributed by atoms with van der Waals surface area (Å²) in [5.41, 5.74) is 0.528. The fourth-order valence-electron chi connectivity index (χ4n) is 3.92. The molecule has 3 unspecified atom stereocenters. The van der Waals surface area contributed by atoms with E-state index in [0.717, 1.165) is 24.6 Å². The van der Waals surface area contributed by atoms with Crippen LogP contribution in [0.5, 0.6) is 5.75 Å². The lowest BCUT2D eigenvalue weighted by Crippen LogP contribution is -2.25. The molecule has 0 aromatic carbocycles. The van der Waals surface area contributed by atoms with Gasteiger partial charge >= 0.3 is 0 Å². The van der Waals surface area contributed by atoms with E-state index in [0.29, 0.717) is 41.4 Å². The summed E-state index contributed by atoms with van der Waals surface area (Å²) in [7, 11) is 0. The Bertz CT molecular complexity index is 996. The summed E-state index contributed by atoms with van der Waals surface area (Å²) in [5.74, 6) is -0.0105. The Morgan fingerprint density at radius 1 is 1.28 bits per heavy atom. The Morgan fingerprint density at radius 3 is 2.59 bits per heavy atom. The topological polar surface area (TPSA) is 99.8 Å². The predicted octanol–water partition coefficient (Wildman–Crippen LogP) is 5.03. The molecule has 0 radical (unpaired) electrons. The monoisotopic (exact) mass is 441 g/mol. The van der Waals surface area contributed by atoms with Crippen LogP contribution >= 0.6 is 0 Å². The van der Waals surface area contributed by atoms with E-state index in [2.05, 4.69) is 26.8 Å². The standard InChI is InChI=1S/C26H35NO5/c1-5-17(2)14-19(4)15-18(3)8-6-7-9-23(29)24-25(30)22(16-27(32)26(24)31)20-10-12-21(28)13-11-20/h6-10,15-17,19,21,28,30,32H,5,11-14H2,1-4H3. The molecule has 1 aromatic heterocycles. The van der Waals surface area contributed by atoms with Crippen LogP contribution in [-0.4, -0.2) is 32.0 Å². The summed E-state index contributed by atoms with van der Waals surface area (Å²) in [4.78, 5) is 24.9. The quantitative estimate of drug-likeness (QED) is 0.216. The molecule has 3 atom stereocenters. The van der Waals surface area contributed by atoms with Crippen LogP contribution in [0, 0.1) is 11.8 Å². The number of aromatic hydroxyl groups is 1.